The lowest BCUT2D eigenvalue weighted by atomic mass is 10.1. The molecule has 1 aromatic heterocycles. The fourth-order valence-corrected chi connectivity index (χ4v) is 1.65. The normalized spacial score (nSPS) is 16.4. The Bertz CT molecular complexity index is 347. The van der Waals surface area contributed by atoms with Crippen molar-refractivity contribution in [1.82, 2.24) is 9.88 Å². The zero-order valence-electron chi connectivity index (χ0n) is 11.2. The molecular weight excluding hydrogens is 212 g/mol. The van der Waals surface area contributed by atoms with Crippen LogP contribution in [0.1, 0.15) is 39.2 Å². The van der Waals surface area contributed by atoms with Crippen molar-refractivity contribution in [3.05, 3.63) is 24.0 Å². The Labute approximate surface area is 104 Å². The molecule has 0 atom stereocenters. The Morgan fingerprint density at radius 3 is 2.82 bits per heavy atom. The molecule has 0 saturated heterocycles. The van der Waals surface area contributed by atoms with Gasteiger partial charge in [-0.25, -0.2) is 0 Å². The van der Waals surface area contributed by atoms with Crippen LogP contribution in [0.15, 0.2) is 18.5 Å². The maximum absolute atomic E-state index is 5.64. The van der Waals surface area contributed by atoms with Crippen LogP contribution in [0.4, 0.5) is 0 Å². The van der Waals surface area contributed by atoms with Gasteiger partial charge in [-0.2, -0.15) is 0 Å². The van der Waals surface area contributed by atoms with Crippen molar-refractivity contribution in [1.29, 1.82) is 0 Å². The van der Waals surface area contributed by atoms with Crippen LogP contribution in [0.25, 0.3) is 0 Å². The molecule has 3 nitrogen and oxygen atoms in total. The predicted molar refractivity (Wildman–Crippen MR) is 69.7 cm³/mol. The first-order valence-electron chi connectivity index (χ1n) is 6.50. The van der Waals surface area contributed by atoms with Crippen molar-refractivity contribution in [3.63, 3.8) is 0 Å². The third kappa shape index (κ3) is 4.92. The summed E-state index contributed by atoms with van der Waals surface area (Å²) in [6.07, 6.45) is 6.96. The number of rotatable bonds is 6. The standard InChI is InChI=1S/C14H24N2O/c1-14(2,3)15-8-13-6-7-16(9-13)11-17-10-12-4-5-12/h6-7,9,12,15H,4-5,8,10-11H2,1-3H3. The Hall–Kier alpha value is -0.800. The minimum absolute atomic E-state index is 0.171. The number of aromatic nitrogens is 1. The molecule has 0 unspecified atom stereocenters. The van der Waals surface area contributed by atoms with E-state index in [1.54, 1.807) is 0 Å². The van der Waals surface area contributed by atoms with E-state index in [-0.39, 0.29) is 5.54 Å². The molecule has 1 N–H and O–H groups in total. The lowest BCUT2D eigenvalue weighted by Gasteiger charge is -2.19. The van der Waals surface area contributed by atoms with Crippen molar-refractivity contribution in [2.45, 2.75) is 52.4 Å². The van der Waals surface area contributed by atoms with Gasteiger partial charge >= 0.3 is 0 Å². The molecule has 17 heavy (non-hydrogen) atoms. The molecule has 0 spiro atoms. The minimum Gasteiger partial charge on any atom is -0.361 e. The fourth-order valence-electron chi connectivity index (χ4n) is 1.65. The zero-order chi connectivity index (χ0) is 12.3. The van der Waals surface area contributed by atoms with Crippen LogP contribution in [0.3, 0.4) is 0 Å². The van der Waals surface area contributed by atoms with Gasteiger partial charge in [0.1, 0.15) is 6.73 Å². The molecule has 1 aromatic rings. The second-order valence-electron chi connectivity index (χ2n) is 6.08. The maximum atomic E-state index is 5.64. The highest BCUT2D eigenvalue weighted by molar-refractivity contribution is 5.10. The molecule has 96 valence electrons. The summed E-state index contributed by atoms with van der Waals surface area (Å²) in [4.78, 5) is 0. The van der Waals surface area contributed by atoms with Crippen LogP contribution in [0, 0.1) is 5.92 Å². The summed E-state index contributed by atoms with van der Waals surface area (Å²) in [6, 6.07) is 2.15. The van der Waals surface area contributed by atoms with Gasteiger partial charge in [0.05, 0.1) is 6.61 Å². The van der Waals surface area contributed by atoms with Gasteiger partial charge in [0, 0.05) is 24.5 Å². The fraction of sp³-hybridized carbons (Fsp3) is 0.714. The molecule has 1 heterocycles. The smallest absolute Gasteiger partial charge is 0.122 e. The van der Waals surface area contributed by atoms with E-state index in [1.165, 1.54) is 18.4 Å². The van der Waals surface area contributed by atoms with Gasteiger partial charge < -0.3 is 14.6 Å². The molecule has 0 radical (unpaired) electrons. The number of nitrogens with zero attached hydrogens (tertiary/aromatic N) is 1. The van der Waals surface area contributed by atoms with E-state index in [9.17, 15) is 0 Å². The van der Waals surface area contributed by atoms with Gasteiger partial charge in [0.15, 0.2) is 0 Å². The molecule has 1 fully saturated rings. The van der Waals surface area contributed by atoms with Gasteiger partial charge in [0.2, 0.25) is 0 Å². The first kappa shape index (κ1) is 12.7. The molecular formula is C14H24N2O. The van der Waals surface area contributed by atoms with Crippen LogP contribution in [-0.4, -0.2) is 16.7 Å². The maximum Gasteiger partial charge on any atom is 0.122 e. The number of hydrogen-bond donors (Lipinski definition) is 1. The first-order chi connectivity index (χ1) is 8.03. The Morgan fingerprint density at radius 2 is 2.18 bits per heavy atom. The zero-order valence-corrected chi connectivity index (χ0v) is 11.2. The molecule has 2 rings (SSSR count). The SMILES string of the molecule is CC(C)(C)NCc1ccn(COCC2CC2)c1. The van der Waals surface area contributed by atoms with E-state index in [2.05, 4.69) is 49.1 Å². The Morgan fingerprint density at radius 1 is 1.41 bits per heavy atom. The molecule has 0 amide bonds. The van der Waals surface area contributed by atoms with Crippen molar-refractivity contribution in [3.8, 4) is 0 Å². The van der Waals surface area contributed by atoms with Crippen LogP contribution in [-0.2, 0) is 18.0 Å². The average Bonchev–Trinajstić information content (AvgIpc) is 2.93. The molecule has 1 aliphatic carbocycles. The van der Waals surface area contributed by atoms with Gasteiger partial charge in [-0.15, -0.1) is 0 Å². The monoisotopic (exact) mass is 236 g/mol. The lowest BCUT2D eigenvalue weighted by Crippen LogP contribution is -2.34. The third-order valence-electron chi connectivity index (χ3n) is 2.93. The molecule has 3 heteroatoms. The summed E-state index contributed by atoms with van der Waals surface area (Å²) in [7, 11) is 0. The summed E-state index contributed by atoms with van der Waals surface area (Å²) >= 11 is 0. The number of hydrogen-bond acceptors (Lipinski definition) is 2. The van der Waals surface area contributed by atoms with Crippen LogP contribution in [0.2, 0.25) is 0 Å². The van der Waals surface area contributed by atoms with Crippen LogP contribution in [0.5, 0.6) is 0 Å². The summed E-state index contributed by atoms with van der Waals surface area (Å²) in [5, 5.41) is 3.48. The molecule has 0 aromatic carbocycles. The summed E-state index contributed by atoms with van der Waals surface area (Å²) < 4.78 is 7.76. The summed E-state index contributed by atoms with van der Waals surface area (Å²) in [6.45, 7) is 9.08. The Kier molecular flexibility index (Phi) is 3.89. The highest BCUT2D eigenvalue weighted by Crippen LogP contribution is 2.28. The molecule has 0 bridgehead atoms. The molecule has 1 aliphatic rings. The van der Waals surface area contributed by atoms with Crippen LogP contribution < -0.4 is 5.32 Å². The quantitative estimate of drug-likeness (QED) is 0.822. The highest BCUT2D eigenvalue weighted by Gasteiger charge is 2.20. The van der Waals surface area contributed by atoms with E-state index < -0.39 is 0 Å². The number of nitrogens with one attached hydrogen (secondary N) is 1. The summed E-state index contributed by atoms with van der Waals surface area (Å²) in [5.74, 6) is 0.840. The summed E-state index contributed by atoms with van der Waals surface area (Å²) in [5.41, 5.74) is 1.49. The van der Waals surface area contributed by atoms with Crippen LogP contribution >= 0.6 is 0 Å². The third-order valence-corrected chi connectivity index (χ3v) is 2.93. The van der Waals surface area contributed by atoms with Crippen molar-refractivity contribution < 1.29 is 4.74 Å². The highest BCUT2D eigenvalue weighted by atomic mass is 16.5. The lowest BCUT2D eigenvalue weighted by molar-refractivity contribution is 0.0692. The van der Waals surface area contributed by atoms with E-state index in [4.69, 9.17) is 4.74 Å². The van der Waals surface area contributed by atoms with Gasteiger partial charge in [-0.3, -0.25) is 0 Å². The van der Waals surface area contributed by atoms with Gasteiger partial charge in [-0.1, -0.05) is 0 Å². The average molecular weight is 236 g/mol. The van der Waals surface area contributed by atoms with E-state index >= 15 is 0 Å². The molecule has 0 aliphatic heterocycles. The number of ether oxygens (including phenoxy) is 1. The minimum atomic E-state index is 0.171. The predicted octanol–water partition coefficient (Wildman–Crippen LogP) is 2.76. The van der Waals surface area contributed by atoms with Gasteiger partial charge in [-0.05, 0) is 51.2 Å². The largest absolute Gasteiger partial charge is 0.361 e. The molecule has 1 saturated carbocycles. The second kappa shape index (κ2) is 5.23. The van der Waals surface area contributed by atoms with Crippen molar-refractivity contribution in [2.75, 3.05) is 6.61 Å². The van der Waals surface area contributed by atoms with E-state index in [0.29, 0.717) is 6.73 Å². The first-order valence-corrected chi connectivity index (χ1v) is 6.50. The van der Waals surface area contributed by atoms with E-state index in [1.807, 2.05) is 0 Å². The van der Waals surface area contributed by atoms with Crippen molar-refractivity contribution in [2.24, 2.45) is 5.92 Å². The van der Waals surface area contributed by atoms with Gasteiger partial charge in [0.25, 0.3) is 0 Å². The topological polar surface area (TPSA) is 26.2 Å². The van der Waals surface area contributed by atoms with E-state index in [0.717, 1.165) is 19.1 Å². The Balaban J connectivity index is 1.70. The van der Waals surface area contributed by atoms with Crippen molar-refractivity contribution >= 4 is 0 Å². The second-order valence-corrected chi connectivity index (χ2v) is 6.08.